The van der Waals surface area contributed by atoms with Gasteiger partial charge in [-0.1, -0.05) is 15.9 Å². The summed E-state index contributed by atoms with van der Waals surface area (Å²) in [7, 11) is -3.86. The molecule has 23 heavy (non-hydrogen) atoms. The number of esters is 1. The van der Waals surface area contributed by atoms with E-state index in [9.17, 15) is 13.2 Å². The highest BCUT2D eigenvalue weighted by Crippen LogP contribution is 2.21. The van der Waals surface area contributed by atoms with Crippen LogP contribution in [0.3, 0.4) is 0 Å². The maximum Gasteiger partial charge on any atom is 0.321 e. The second-order valence-electron chi connectivity index (χ2n) is 4.61. The monoisotopic (exact) mass is 401 g/mol. The summed E-state index contributed by atoms with van der Waals surface area (Å²) >= 11 is 3.26. The van der Waals surface area contributed by atoms with Gasteiger partial charge in [0.15, 0.2) is 0 Å². The smallest absolute Gasteiger partial charge is 0.321 e. The zero-order valence-electron chi connectivity index (χ0n) is 12.4. The lowest BCUT2D eigenvalue weighted by Gasteiger charge is -2.20. The van der Waals surface area contributed by atoms with Gasteiger partial charge in [-0.3, -0.25) is 4.79 Å². The average Bonchev–Trinajstić information content (AvgIpc) is 3.00. The number of carbonyl (C=O) groups excluding carboxylic acids is 1. The van der Waals surface area contributed by atoms with Crippen LogP contribution in [-0.4, -0.2) is 31.8 Å². The van der Waals surface area contributed by atoms with Crippen LogP contribution in [0, 0.1) is 0 Å². The molecule has 0 aliphatic carbocycles. The van der Waals surface area contributed by atoms with Crippen LogP contribution in [0.4, 0.5) is 0 Å². The van der Waals surface area contributed by atoms with E-state index < -0.39 is 16.0 Å². The maximum atomic E-state index is 12.8. The van der Waals surface area contributed by atoms with Crippen molar-refractivity contribution in [2.24, 2.45) is 0 Å². The first-order valence-corrected chi connectivity index (χ1v) is 9.10. The molecule has 1 aromatic carbocycles. The number of furan rings is 1. The largest absolute Gasteiger partial charge is 0.468 e. The molecule has 0 saturated heterocycles. The van der Waals surface area contributed by atoms with Gasteiger partial charge in [0.25, 0.3) is 0 Å². The molecule has 0 N–H and O–H groups in total. The van der Waals surface area contributed by atoms with Crippen molar-refractivity contribution in [2.75, 3.05) is 13.2 Å². The Bertz CT molecular complexity index is 741. The Morgan fingerprint density at radius 3 is 2.52 bits per heavy atom. The molecule has 6 nitrogen and oxygen atoms in total. The zero-order valence-corrected chi connectivity index (χ0v) is 14.8. The van der Waals surface area contributed by atoms with Gasteiger partial charge in [0.05, 0.1) is 24.3 Å². The zero-order chi connectivity index (χ0) is 16.9. The molecule has 0 fully saturated rings. The van der Waals surface area contributed by atoms with Crippen LogP contribution >= 0.6 is 15.9 Å². The summed E-state index contributed by atoms with van der Waals surface area (Å²) < 4.78 is 37.4. The van der Waals surface area contributed by atoms with Gasteiger partial charge in [-0.05, 0) is 43.3 Å². The molecule has 0 amide bonds. The summed E-state index contributed by atoms with van der Waals surface area (Å²) in [4.78, 5) is 11.8. The minimum absolute atomic E-state index is 0.0514. The van der Waals surface area contributed by atoms with Gasteiger partial charge in [0.1, 0.15) is 12.3 Å². The van der Waals surface area contributed by atoms with E-state index in [2.05, 4.69) is 15.9 Å². The van der Waals surface area contributed by atoms with E-state index in [0.29, 0.717) is 5.76 Å². The molecule has 0 unspecified atom stereocenters. The first-order valence-electron chi connectivity index (χ1n) is 6.87. The molecule has 0 aliphatic heterocycles. The molecule has 1 aromatic heterocycles. The molecule has 2 aromatic rings. The van der Waals surface area contributed by atoms with Gasteiger partial charge < -0.3 is 9.15 Å². The predicted molar refractivity (Wildman–Crippen MR) is 87.1 cm³/mol. The third kappa shape index (κ3) is 4.66. The number of carbonyl (C=O) groups is 1. The second-order valence-corrected chi connectivity index (χ2v) is 7.47. The van der Waals surface area contributed by atoms with Crippen molar-refractivity contribution >= 4 is 31.9 Å². The molecular formula is C15H16BrNO5S. The fraction of sp³-hybridized carbons (Fsp3) is 0.267. The molecule has 0 aliphatic rings. The number of nitrogens with zero attached hydrogens (tertiary/aromatic N) is 1. The normalized spacial score (nSPS) is 11.6. The number of halogens is 1. The molecule has 2 rings (SSSR count). The molecule has 0 atom stereocenters. The second kappa shape index (κ2) is 7.76. The van der Waals surface area contributed by atoms with Gasteiger partial charge in [0, 0.05) is 4.47 Å². The van der Waals surface area contributed by atoms with Crippen LogP contribution in [-0.2, 0) is 26.1 Å². The van der Waals surface area contributed by atoms with Crippen molar-refractivity contribution in [2.45, 2.75) is 18.4 Å². The summed E-state index contributed by atoms with van der Waals surface area (Å²) in [5, 5.41) is 0. The quantitative estimate of drug-likeness (QED) is 0.666. The minimum atomic E-state index is -3.86. The van der Waals surface area contributed by atoms with Gasteiger partial charge in [-0.25, -0.2) is 8.42 Å². The lowest BCUT2D eigenvalue weighted by molar-refractivity contribution is -0.143. The first-order chi connectivity index (χ1) is 10.9. The Morgan fingerprint density at radius 1 is 1.26 bits per heavy atom. The van der Waals surface area contributed by atoms with E-state index in [1.807, 2.05) is 0 Å². The Balaban J connectivity index is 2.30. The molecule has 0 radical (unpaired) electrons. The van der Waals surface area contributed by atoms with Crippen molar-refractivity contribution in [3.63, 3.8) is 0 Å². The standard InChI is InChI=1S/C15H16BrNO5S/c1-2-21-15(18)11-17(10-13-4-3-9-22-13)23(19,20)14-7-5-12(16)6-8-14/h3-9H,2,10-11H2,1H3. The van der Waals surface area contributed by atoms with E-state index in [0.717, 1.165) is 8.78 Å². The van der Waals surface area contributed by atoms with Crippen molar-refractivity contribution in [1.82, 2.24) is 4.31 Å². The van der Waals surface area contributed by atoms with E-state index in [1.54, 1.807) is 31.2 Å². The highest BCUT2D eigenvalue weighted by Gasteiger charge is 2.28. The summed E-state index contributed by atoms with van der Waals surface area (Å²) in [6.45, 7) is 1.42. The molecule has 0 spiro atoms. The Labute approximate surface area is 143 Å². The predicted octanol–water partition coefficient (Wildman–Crippen LogP) is 2.80. The molecule has 1 heterocycles. The van der Waals surface area contributed by atoms with E-state index in [-0.39, 0.29) is 24.6 Å². The number of ether oxygens (including phenoxy) is 1. The van der Waals surface area contributed by atoms with Crippen LogP contribution in [0.5, 0.6) is 0 Å². The summed E-state index contributed by atoms with van der Waals surface area (Å²) in [6, 6.07) is 9.50. The lowest BCUT2D eigenvalue weighted by Crippen LogP contribution is -2.36. The topological polar surface area (TPSA) is 76.8 Å². The SMILES string of the molecule is CCOC(=O)CN(Cc1ccco1)S(=O)(=O)c1ccc(Br)cc1. The minimum Gasteiger partial charge on any atom is -0.468 e. The Morgan fingerprint density at radius 2 is 1.96 bits per heavy atom. The van der Waals surface area contributed by atoms with Crippen molar-refractivity contribution < 1.29 is 22.4 Å². The molecule has 0 bridgehead atoms. The maximum absolute atomic E-state index is 12.8. The van der Waals surface area contributed by atoms with Crippen LogP contribution in [0.1, 0.15) is 12.7 Å². The summed E-state index contributed by atoms with van der Waals surface area (Å²) in [5.41, 5.74) is 0. The van der Waals surface area contributed by atoms with E-state index in [4.69, 9.17) is 9.15 Å². The fourth-order valence-electron chi connectivity index (χ4n) is 1.91. The summed E-state index contributed by atoms with van der Waals surface area (Å²) in [6.07, 6.45) is 1.45. The fourth-order valence-corrected chi connectivity index (χ4v) is 3.52. The van der Waals surface area contributed by atoms with Crippen molar-refractivity contribution in [1.29, 1.82) is 0 Å². The molecule has 0 saturated carbocycles. The third-order valence-corrected chi connectivity index (χ3v) is 5.31. The van der Waals surface area contributed by atoms with Crippen LogP contribution in [0.25, 0.3) is 0 Å². The number of hydrogen-bond acceptors (Lipinski definition) is 5. The molecule has 8 heteroatoms. The van der Waals surface area contributed by atoms with Crippen LogP contribution in [0.2, 0.25) is 0 Å². The third-order valence-electron chi connectivity index (χ3n) is 2.97. The number of rotatable bonds is 7. The highest BCUT2D eigenvalue weighted by molar-refractivity contribution is 9.10. The van der Waals surface area contributed by atoms with Crippen LogP contribution in [0.15, 0.2) is 56.4 Å². The first kappa shape index (κ1) is 17.7. The van der Waals surface area contributed by atoms with Crippen molar-refractivity contribution in [3.05, 3.63) is 52.9 Å². The average molecular weight is 402 g/mol. The van der Waals surface area contributed by atoms with E-state index in [1.165, 1.54) is 18.4 Å². The van der Waals surface area contributed by atoms with Gasteiger partial charge >= 0.3 is 5.97 Å². The number of sulfonamides is 1. The van der Waals surface area contributed by atoms with E-state index >= 15 is 0 Å². The van der Waals surface area contributed by atoms with Crippen LogP contribution < -0.4 is 0 Å². The van der Waals surface area contributed by atoms with Gasteiger partial charge in [-0.15, -0.1) is 0 Å². The van der Waals surface area contributed by atoms with Gasteiger partial charge in [0.2, 0.25) is 10.0 Å². The Hall–Kier alpha value is -1.64. The molecule has 124 valence electrons. The number of benzene rings is 1. The lowest BCUT2D eigenvalue weighted by atomic mass is 10.4. The van der Waals surface area contributed by atoms with Gasteiger partial charge in [-0.2, -0.15) is 4.31 Å². The number of hydrogen-bond donors (Lipinski definition) is 0. The summed E-state index contributed by atoms with van der Waals surface area (Å²) in [5.74, 6) is -0.172. The van der Waals surface area contributed by atoms with Crippen molar-refractivity contribution in [3.8, 4) is 0 Å². The Kier molecular flexibility index (Phi) is 5.97. The molecular weight excluding hydrogens is 386 g/mol. The highest BCUT2D eigenvalue weighted by atomic mass is 79.9.